The monoisotopic (exact) mass is 268 g/mol. The number of hydrogen-bond donors (Lipinski definition) is 1. The van der Waals surface area contributed by atoms with Crippen molar-refractivity contribution in [1.29, 1.82) is 0 Å². The van der Waals surface area contributed by atoms with Gasteiger partial charge in [0, 0.05) is 32.6 Å². The van der Waals surface area contributed by atoms with Crippen LogP contribution in [0.3, 0.4) is 0 Å². The van der Waals surface area contributed by atoms with Gasteiger partial charge in [0.15, 0.2) is 0 Å². The van der Waals surface area contributed by atoms with E-state index in [9.17, 15) is 9.59 Å². The summed E-state index contributed by atoms with van der Waals surface area (Å²) < 4.78 is 0. The lowest BCUT2D eigenvalue weighted by Crippen LogP contribution is -2.50. The molecule has 1 aliphatic carbocycles. The number of rotatable bonds is 4. The lowest BCUT2D eigenvalue weighted by atomic mass is 9.86. The minimum atomic E-state index is -0.790. The minimum Gasteiger partial charge on any atom is -0.480 e. The van der Waals surface area contributed by atoms with E-state index >= 15 is 0 Å². The van der Waals surface area contributed by atoms with Crippen LogP contribution in [0.2, 0.25) is 0 Å². The first-order valence-corrected chi connectivity index (χ1v) is 7.37. The summed E-state index contributed by atoms with van der Waals surface area (Å²) in [7, 11) is 0. The molecule has 0 atom stereocenters. The molecule has 0 unspecified atom stereocenters. The minimum absolute atomic E-state index is 0.0880. The van der Waals surface area contributed by atoms with Crippen molar-refractivity contribution in [1.82, 2.24) is 9.80 Å². The second-order valence-electron chi connectivity index (χ2n) is 5.76. The van der Waals surface area contributed by atoms with E-state index in [1.807, 2.05) is 9.80 Å². The third-order valence-electron chi connectivity index (χ3n) is 4.27. The summed E-state index contributed by atoms with van der Waals surface area (Å²) in [5.41, 5.74) is 0. The Bertz CT molecular complexity index is 319. The van der Waals surface area contributed by atoms with Crippen LogP contribution in [0.15, 0.2) is 0 Å². The largest absolute Gasteiger partial charge is 0.480 e. The van der Waals surface area contributed by atoms with Crippen LogP contribution in [0.1, 0.15) is 38.5 Å². The topological polar surface area (TPSA) is 60.9 Å². The summed E-state index contributed by atoms with van der Waals surface area (Å²) in [6.45, 7) is 2.81. The van der Waals surface area contributed by atoms with Gasteiger partial charge in [-0.2, -0.15) is 0 Å². The Morgan fingerprint density at radius 3 is 2.21 bits per heavy atom. The maximum Gasteiger partial charge on any atom is 0.317 e. The molecule has 0 aromatic rings. The molecule has 0 bridgehead atoms. The number of carboxylic acids is 1. The summed E-state index contributed by atoms with van der Waals surface area (Å²) >= 11 is 0. The van der Waals surface area contributed by atoms with E-state index in [1.165, 1.54) is 32.1 Å². The fraction of sp³-hybridized carbons (Fsp3) is 0.857. The average molecular weight is 268 g/mol. The Morgan fingerprint density at radius 1 is 1.00 bits per heavy atom. The van der Waals surface area contributed by atoms with Crippen LogP contribution in [-0.2, 0) is 9.59 Å². The van der Waals surface area contributed by atoms with Crippen molar-refractivity contribution in [2.24, 2.45) is 5.92 Å². The van der Waals surface area contributed by atoms with Gasteiger partial charge in [0.05, 0.1) is 6.54 Å². The van der Waals surface area contributed by atoms with Gasteiger partial charge in [-0.3, -0.25) is 14.5 Å². The van der Waals surface area contributed by atoms with Crippen molar-refractivity contribution in [2.75, 3.05) is 32.7 Å². The third-order valence-corrected chi connectivity index (χ3v) is 4.27. The molecule has 0 spiro atoms. The van der Waals surface area contributed by atoms with Crippen LogP contribution in [-0.4, -0.2) is 59.5 Å². The van der Waals surface area contributed by atoms with E-state index in [2.05, 4.69) is 0 Å². The number of carboxylic acid groups (broad SMARTS) is 1. The normalized spacial score (nSPS) is 22.4. The molecule has 0 radical (unpaired) electrons. The number of piperazine rings is 1. The van der Waals surface area contributed by atoms with Crippen LogP contribution < -0.4 is 0 Å². The fourth-order valence-electron chi connectivity index (χ4n) is 3.11. The average Bonchev–Trinajstić information content (AvgIpc) is 2.40. The number of carbonyl (C=O) groups excluding carboxylic acids is 1. The van der Waals surface area contributed by atoms with Crippen molar-refractivity contribution in [2.45, 2.75) is 38.5 Å². The Labute approximate surface area is 114 Å². The van der Waals surface area contributed by atoms with Gasteiger partial charge in [0.25, 0.3) is 0 Å². The van der Waals surface area contributed by atoms with Gasteiger partial charge < -0.3 is 10.0 Å². The van der Waals surface area contributed by atoms with Crippen LogP contribution in [0.5, 0.6) is 0 Å². The summed E-state index contributed by atoms with van der Waals surface area (Å²) in [5.74, 6) is 0.0576. The molecule has 1 aliphatic heterocycles. The van der Waals surface area contributed by atoms with E-state index in [0.717, 1.165) is 0 Å². The second-order valence-corrected chi connectivity index (χ2v) is 5.76. The molecule has 2 aliphatic rings. The number of hydrogen-bond acceptors (Lipinski definition) is 3. The summed E-state index contributed by atoms with van der Waals surface area (Å²) in [5, 5.41) is 8.73. The highest BCUT2D eigenvalue weighted by atomic mass is 16.4. The number of amides is 1. The molecule has 0 aromatic carbocycles. The van der Waals surface area contributed by atoms with E-state index in [0.29, 0.717) is 38.5 Å². The SMILES string of the molecule is O=C(O)CN1CCN(C(=O)CC2CCCCC2)CC1. The first-order chi connectivity index (χ1) is 9.15. The van der Waals surface area contributed by atoms with Gasteiger partial charge in [-0.05, 0) is 18.8 Å². The van der Waals surface area contributed by atoms with Gasteiger partial charge in [-0.25, -0.2) is 0 Å². The molecule has 1 amide bonds. The Kier molecular flexibility index (Phi) is 5.19. The molecule has 108 valence electrons. The van der Waals surface area contributed by atoms with Crippen LogP contribution >= 0.6 is 0 Å². The summed E-state index contributed by atoms with van der Waals surface area (Å²) in [6, 6.07) is 0. The maximum absolute atomic E-state index is 12.2. The van der Waals surface area contributed by atoms with Crippen LogP contribution in [0.25, 0.3) is 0 Å². The predicted octanol–water partition coefficient (Wildman–Crippen LogP) is 1.19. The molecule has 2 fully saturated rings. The Morgan fingerprint density at radius 2 is 1.63 bits per heavy atom. The third kappa shape index (κ3) is 4.49. The van der Waals surface area contributed by atoms with E-state index in [-0.39, 0.29) is 12.5 Å². The highest BCUT2D eigenvalue weighted by Crippen LogP contribution is 2.26. The quantitative estimate of drug-likeness (QED) is 0.832. The maximum atomic E-state index is 12.2. The Balaban J connectivity index is 1.71. The highest BCUT2D eigenvalue weighted by Gasteiger charge is 2.24. The van der Waals surface area contributed by atoms with E-state index in [1.54, 1.807) is 0 Å². The molecule has 1 N–H and O–H groups in total. The molecule has 2 rings (SSSR count). The van der Waals surface area contributed by atoms with Gasteiger partial charge >= 0.3 is 5.97 Å². The first kappa shape index (κ1) is 14.3. The Hall–Kier alpha value is -1.10. The molecule has 1 saturated heterocycles. The van der Waals surface area contributed by atoms with E-state index < -0.39 is 5.97 Å². The number of nitrogens with zero attached hydrogens (tertiary/aromatic N) is 2. The van der Waals surface area contributed by atoms with Gasteiger partial charge in [0.1, 0.15) is 0 Å². The molecule has 1 saturated carbocycles. The highest BCUT2D eigenvalue weighted by molar-refractivity contribution is 5.76. The second kappa shape index (κ2) is 6.89. The van der Waals surface area contributed by atoms with E-state index in [4.69, 9.17) is 5.11 Å². The molecule has 0 aromatic heterocycles. The van der Waals surface area contributed by atoms with Crippen molar-refractivity contribution >= 4 is 11.9 Å². The van der Waals surface area contributed by atoms with Gasteiger partial charge in [-0.15, -0.1) is 0 Å². The van der Waals surface area contributed by atoms with Gasteiger partial charge in [-0.1, -0.05) is 19.3 Å². The fourth-order valence-corrected chi connectivity index (χ4v) is 3.11. The lowest BCUT2D eigenvalue weighted by Gasteiger charge is -2.35. The molecule has 5 heteroatoms. The van der Waals surface area contributed by atoms with Gasteiger partial charge in [0.2, 0.25) is 5.91 Å². The number of aliphatic carboxylic acids is 1. The molecular weight excluding hydrogens is 244 g/mol. The van der Waals surface area contributed by atoms with Crippen molar-refractivity contribution in [3.63, 3.8) is 0 Å². The molecule has 5 nitrogen and oxygen atoms in total. The van der Waals surface area contributed by atoms with Crippen molar-refractivity contribution in [3.05, 3.63) is 0 Å². The predicted molar refractivity (Wildman–Crippen MR) is 71.8 cm³/mol. The zero-order chi connectivity index (χ0) is 13.7. The number of carbonyl (C=O) groups is 2. The van der Waals surface area contributed by atoms with Crippen molar-refractivity contribution in [3.8, 4) is 0 Å². The standard InChI is InChI=1S/C14H24N2O3/c17-13(10-12-4-2-1-3-5-12)16-8-6-15(7-9-16)11-14(18)19/h12H,1-11H2,(H,18,19). The van der Waals surface area contributed by atoms with Crippen LogP contribution in [0, 0.1) is 5.92 Å². The smallest absolute Gasteiger partial charge is 0.317 e. The zero-order valence-corrected chi connectivity index (χ0v) is 11.5. The summed E-state index contributed by atoms with van der Waals surface area (Å²) in [6.07, 6.45) is 6.95. The summed E-state index contributed by atoms with van der Waals surface area (Å²) in [4.78, 5) is 26.6. The molecule has 1 heterocycles. The zero-order valence-electron chi connectivity index (χ0n) is 11.5. The molecular formula is C14H24N2O3. The first-order valence-electron chi connectivity index (χ1n) is 7.37. The molecule has 19 heavy (non-hydrogen) atoms. The van der Waals surface area contributed by atoms with Crippen molar-refractivity contribution < 1.29 is 14.7 Å². The lowest BCUT2D eigenvalue weighted by molar-refractivity contribution is -0.139. The van der Waals surface area contributed by atoms with Crippen LogP contribution in [0.4, 0.5) is 0 Å².